The minimum absolute atomic E-state index is 0.127. The average molecular weight is 285 g/mol. The summed E-state index contributed by atoms with van der Waals surface area (Å²) in [4.78, 5) is 24.6. The Morgan fingerprint density at radius 2 is 1.90 bits per heavy atom. The number of carboxylic acid groups (broad SMARTS) is 1. The first-order valence-electron chi connectivity index (χ1n) is 5.98. The van der Waals surface area contributed by atoms with E-state index in [-0.39, 0.29) is 11.7 Å². The summed E-state index contributed by atoms with van der Waals surface area (Å²) in [6.07, 6.45) is 0.492. The highest BCUT2D eigenvalue weighted by Gasteiger charge is 2.30. The van der Waals surface area contributed by atoms with Gasteiger partial charge in [-0.1, -0.05) is 0 Å². The van der Waals surface area contributed by atoms with Gasteiger partial charge in [0.1, 0.15) is 0 Å². The van der Waals surface area contributed by atoms with Gasteiger partial charge in [-0.25, -0.2) is 13.6 Å². The van der Waals surface area contributed by atoms with Gasteiger partial charge in [0.2, 0.25) is 0 Å². The van der Waals surface area contributed by atoms with Gasteiger partial charge in [0, 0.05) is 20.2 Å². The van der Waals surface area contributed by atoms with Gasteiger partial charge in [0.15, 0.2) is 11.6 Å². The lowest BCUT2D eigenvalue weighted by Gasteiger charge is -2.17. The molecule has 7 heteroatoms. The van der Waals surface area contributed by atoms with Gasteiger partial charge in [-0.3, -0.25) is 4.79 Å². The number of aromatic carboxylic acids is 1. The Morgan fingerprint density at radius 3 is 2.40 bits per heavy atom. The maximum atomic E-state index is 13.2. The molecule has 1 heterocycles. The van der Waals surface area contributed by atoms with E-state index in [4.69, 9.17) is 9.84 Å². The average Bonchev–Trinajstić information content (AvgIpc) is 2.89. The number of hydrogen-bond donors (Lipinski definition) is 1. The topological polar surface area (TPSA) is 66.8 Å². The number of benzene rings is 1. The molecule has 1 unspecified atom stereocenters. The fraction of sp³-hybridized carbons (Fsp3) is 0.385. The molecule has 20 heavy (non-hydrogen) atoms. The molecule has 1 N–H and O–H groups in total. The van der Waals surface area contributed by atoms with E-state index in [2.05, 4.69) is 0 Å². The van der Waals surface area contributed by atoms with E-state index in [1.807, 2.05) is 0 Å². The lowest BCUT2D eigenvalue weighted by atomic mass is 10.1. The summed E-state index contributed by atoms with van der Waals surface area (Å²) in [6.45, 7) is 0.683. The second kappa shape index (κ2) is 5.54. The van der Waals surface area contributed by atoms with Crippen LogP contribution in [0.3, 0.4) is 0 Å². The highest BCUT2D eigenvalue weighted by molar-refractivity contribution is 6.04. The molecule has 1 atom stereocenters. The molecule has 1 aromatic carbocycles. The highest BCUT2D eigenvalue weighted by Crippen LogP contribution is 2.20. The van der Waals surface area contributed by atoms with Crippen LogP contribution in [0.1, 0.15) is 27.1 Å². The van der Waals surface area contributed by atoms with Gasteiger partial charge in [0.05, 0.1) is 17.2 Å². The number of ether oxygens (including phenoxy) is 1. The Morgan fingerprint density at radius 1 is 1.30 bits per heavy atom. The zero-order valence-electron chi connectivity index (χ0n) is 10.7. The number of carbonyl (C=O) groups is 2. The summed E-state index contributed by atoms with van der Waals surface area (Å²) in [5.41, 5.74) is -0.900. The van der Waals surface area contributed by atoms with Crippen molar-refractivity contribution >= 4 is 11.9 Å². The molecule has 1 aliphatic heterocycles. The van der Waals surface area contributed by atoms with Gasteiger partial charge in [-0.05, 0) is 18.6 Å². The normalized spacial score (nSPS) is 18.4. The van der Waals surface area contributed by atoms with Crippen molar-refractivity contribution in [2.75, 3.05) is 20.2 Å². The lowest BCUT2D eigenvalue weighted by Crippen LogP contribution is -2.31. The number of likely N-dealkylation sites (tertiary alicyclic amines) is 1. The SMILES string of the molecule is COC1CCN(C(=O)c2cc(F)c(F)cc2C(=O)O)C1. The van der Waals surface area contributed by atoms with Crippen LogP contribution in [0.2, 0.25) is 0 Å². The van der Waals surface area contributed by atoms with Crippen molar-refractivity contribution in [3.63, 3.8) is 0 Å². The third-order valence-corrected chi connectivity index (χ3v) is 3.29. The largest absolute Gasteiger partial charge is 0.478 e. The van der Waals surface area contributed by atoms with Gasteiger partial charge in [-0.15, -0.1) is 0 Å². The van der Waals surface area contributed by atoms with E-state index >= 15 is 0 Å². The molecule has 1 aliphatic rings. The van der Waals surface area contributed by atoms with Crippen LogP contribution in [0.4, 0.5) is 8.78 Å². The Kier molecular flexibility index (Phi) is 3.99. The van der Waals surface area contributed by atoms with Crippen molar-refractivity contribution < 1.29 is 28.2 Å². The number of amides is 1. The lowest BCUT2D eigenvalue weighted by molar-refractivity contribution is 0.0668. The molecular weight excluding hydrogens is 272 g/mol. The maximum absolute atomic E-state index is 13.2. The Bertz CT molecular complexity index is 562. The smallest absolute Gasteiger partial charge is 0.336 e. The summed E-state index contributed by atoms with van der Waals surface area (Å²) >= 11 is 0. The fourth-order valence-electron chi connectivity index (χ4n) is 2.18. The van der Waals surface area contributed by atoms with Crippen molar-refractivity contribution in [2.45, 2.75) is 12.5 Å². The molecule has 1 aromatic rings. The van der Waals surface area contributed by atoms with Crippen LogP contribution in [0, 0.1) is 11.6 Å². The van der Waals surface area contributed by atoms with Gasteiger partial charge in [-0.2, -0.15) is 0 Å². The molecule has 5 nitrogen and oxygen atoms in total. The maximum Gasteiger partial charge on any atom is 0.336 e. The van der Waals surface area contributed by atoms with E-state index in [0.29, 0.717) is 31.6 Å². The van der Waals surface area contributed by atoms with Crippen LogP contribution in [0.25, 0.3) is 0 Å². The van der Waals surface area contributed by atoms with Crippen LogP contribution < -0.4 is 0 Å². The zero-order chi connectivity index (χ0) is 14.9. The van der Waals surface area contributed by atoms with Crippen molar-refractivity contribution in [1.29, 1.82) is 0 Å². The first-order valence-corrected chi connectivity index (χ1v) is 5.98. The molecular formula is C13H13F2NO4. The summed E-state index contributed by atoms with van der Waals surface area (Å²) in [6, 6.07) is 1.15. The van der Waals surface area contributed by atoms with Crippen molar-refractivity contribution in [2.24, 2.45) is 0 Å². The Hall–Kier alpha value is -2.02. The predicted molar refractivity (Wildman–Crippen MR) is 64.6 cm³/mol. The molecule has 0 aliphatic carbocycles. The number of halogens is 2. The third-order valence-electron chi connectivity index (χ3n) is 3.29. The summed E-state index contributed by atoms with van der Waals surface area (Å²) in [5, 5.41) is 8.99. The van der Waals surface area contributed by atoms with Gasteiger partial charge >= 0.3 is 5.97 Å². The van der Waals surface area contributed by atoms with Crippen LogP contribution in [0.15, 0.2) is 12.1 Å². The number of rotatable bonds is 3. The quantitative estimate of drug-likeness (QED) is 0.914. The van der Waals surface area contributed by atoms with Crippen molar-refractivity contribution in [1.82, 2.24) is 4.90 Å². The second-order valence-electron chi connectivity index (χ2n) is 4.51. The van der Waals surface area contributed by atoms with Crippen molar-refractivity contribution in [3.8, 4) is 0 Å². The molecule has 0 saturated carbocycles. The molecule has 108 valence electrons. The Balaban J connectivity index is 2.34. The van der Waals surface area contributed by atoms with Gasteiger partial charge in [0.25, 0.3) is 5.91 Å². The first kappa shape index (κ1) is 14.4. The predicted octanol–water partition coefficient (Wildman–Crippen LogP) is 1.52. The number of carboxylic acids is 1. The van der Waals surface area contributed by atoms with Gasteiger partial charge < -0.3 is 14.7 Å². The third kappa shape index (κ3) is 2.62. The molecule has 1 fully saturated rings. The standard InChI is InChI=1S/C13H13F2NO4/c1-20-7-2-3-16(6-7)12(17)8-4-10(14)11(15)5-9(8)13(18)19/h4-5,7H,2-3,6H2,1H3,(H,18,19). The number of hydrogen-bond acceptors (Lipinski definition) is 3. The Labute approximate surface area is 113 Å². The summed E-state index contributed by atoms with van der Waals surface area (Å²) in [5.74, 6) is -4.66. The summed E-state index contributed by atoms with van der Waals surface area (Å²) in [7, 11) is 1.51. The monoisotopic (exact) mass is 285 g/mol. The molecule has 2 rings (SSSR count). The minimum Gasteiger partial charge on any atom is -0.478 e. The highest BCUT2D eigenvalue weighted by atomic mass is 19.2. The van der Waals surface area contributed by atoms with Crippen LogP contribution in [-0.4, -0.2) is 48.2 Å². The fourth-order valence-corrected chi connectivity index (χ4v) is 2.18. The van der Waals surface area contributed by atoms with E-state index in [0.717, 1.165) is 0 Å². The van der Waals surface area contributed by atoms with E-state index in [1.165, 1.54) is 12.0 Å². The molecule has 1 amide bonds. The zero-order valence-corrected chi connectivity index (χ0v) is 10.7. The molecule has 0 aromatic heterocycles. The van der Waals surface area contributed by atoms with E-state index in [1.54, 1.807) is 0 Å². The molecule has 0 spiro atoms. The number of carbonyl (C=O) groups excluding carboxylic acids is 1. The van der Waals surface area contributed by atoms with E-state index in [9.17, 15) is 18.4 Å². The molecule has 0 bridgehead atoms. The summed E-state index contributed by atoms with van der Waals surface area (Å²) < 4.78 is 31.4. The molecule has 0 radical (unpaired) electrons. The van der Waals surface area contributed by atoms with E-state index < -0.39 is 29.1 Å². The number of methoxy groups -OCH3 is 1. The molecule has 1 saturated heterocycles. The minimum atomic E-state index is -1.48. The van der Waals surface area contributed by atoms with Crippen LogP contribution >= 0.6 is 0 Å². The van der Waals surface area contributed by atoms with Crippen molar-refractivity contribution in [3.05, 3.63) is 34.9 Å². The first-order chi connectivity index (χ1) is 9.43. The number of nitrogens with zero attached hydrogens (tertiary/aromatic N) is 1. The van der Waals surface area contributed by atoms with Crippen LogP contribution in [0.5, 0.6) is 0 Å². The second-order valence-corrected chi connectivity index (χ2v) is 4.51. The van der Waals surface area contributed by atoms with Crippen LogP contribution in [-0.2, 0) is 4.74 Å².